The molecule has 0 aromatic heterocycles. The lowest BCUT2D eigenvalue weighted by atomic mass is 9.63. The fraction of sp³-hybridized carbons (Fsp3) is 1.00. The molecule has 1 fully saturated rings. The van der Waals surface area contributed by atoms with Crippen molar-refractivity contribution in [3.63, 3.8) is 0 Å². The number of hydrogen-bond donors (Lipinski definition) is 2. The summed E-state index contributed by atoms with van der Waals surface area (Å²) >= 11 is 0. The van der Waals surface area contributed by atoms with Gasteiger partial charge in [-0.1, -0.05) is 27.7 Å². The zero-order chi connectivity index (χ0) is 11.0. The first kappa shape index (κ1) is 12.0. The van der Waals surface area contributed by atoms with Crippen LogP contribution in [0.3, 0.4) is 0 Å². The van der Waals surface area contributed by atoms with E-state index in [4.69, 9.17) is 0 Å². The lowest BCUT2D eigenvalue weighted by Gasteiger charge is -2.44. The molecule has 2 N–H and O–H groups in total. The molecule has 0 heterocycles. The molecule has 1 aliphatic carbocycles. The van der Waals surface area contributed by atoms with Gasteiger partial charge in [-0.3, -0.25) is 0 Å². The molecule has 1 aliphatic rings. The van der Waals surface area contributed by atoms with E-state index in [2.05, 4.69) is 33.0 Å². The van der Waals surface area contributed by atoms with Crippen LogP contribution in [0.1, 0.15) is 40.5 Å². The third-order valence-corrected chi connectivity index (χ3v) is 4.93. The van der Waals surface area contributed by atoms with Gasteiger partial charge in [-0.2, -0.15) is 0 Å². The summed E-state index contributed by atoms with van der Waals surface area (Å²) in [6.45, 7) is 9.83. The molecule has 2 heteroatoms. The molecule has 0 aromatic carbocycles. The molecule has 14 heavy (non-hydrogen) atoms. The molecule has 0 aromatic rings. The molecular formula is C12H25NO. The van der Waals surface area contributed by atoms with Crippen molar-refractivity contribution in [2.75, 3.05) is 13.6 Å². The third kappa shape index (κ3) is 1.59. The first-order valence-corrected chi connectivity index (χ1v) is 5.69. The van der Waals surface area contributed by atoms with Crippen LogP contribution in [0.4, 0.5) is 0 Å². The Hall–Kier alpha value is -0.0800. The Balaban J connectivity index is 2.83. The summed E-state index contributed by atoms with van der Waals surface area (Å²) in [6, 6.07) is 0. The number of aliphatic hydroxyl groups is 1. The highest BCUT2D eigenvalue weighted by Crippen LogP contribution is 2.57. The number of nitrogens with one attached hydrogen (secondary N) is 1. The largest absolute Gasteiger partial charge is 0.391 e. The third-order valence-electron chi connectivity index (χ3n) is 4.93. The standard InChI is InChI=1S/C12H25NO/c1-9-6-7-12(4,11(9,2)3)10(14)8-13-5/h9-10,13-14H,6-8H2,1-5H3/t9-,10+,12-/m0/s1. The van der Waals surface area contributed by atoms with E-state index >= 15 is 0 Å². The van der Waals surface area contributed by atoms with E-state index in [1.807, 2.05) is 7.05 Å². The van der Waals surface area contributed by atoms with Crippen LogP contribution in [0.25, 0.3) is 0 Å². The lowest BCUT2D eigenvalue weighted by Crippen LogP contribution is -2.46. The summed E-state index contributed by atoms with van der Waals surface area (Å²) < 4.78 is 0. The van der Waals surface area contributed by atoms with E-state index in [1.165, 1.54) is 6.42 Å². The maximum absolute atomic E-state index is 10.2. The molecule has 2 nitrogen and oxygen atoms in total. The minimum absolute atomic E-state index is 0.0649. The van der Waals surface area contributed by atoms with E-state index in [0.717, 1.165) is 6.42 Å². The van der Waals surface area contributed by atoms with Crippen LogP contribution in [-0.2, 0) is 0 Å². The van der Waals surface area contributed by atoms with Crippen molar-refractivity contribution < 1.29 is 5.11 Å². The Kier molecular flexibility index (Phi) is 3.27. The highest BCUT2D eigenvalue weighted by molar-refractivity contribution is 5.02. The highest BCUT2D eigenvalue weighted by atomic mass is 16.3. The van der Waals surface area contributed by atoms with E-state index < -0.39 is 0 Å². The molecule has 0 spiro atoms. The van der Waals surface area contributed by atoms with Crippen molar-refractivity contribution in [1.82, 2.24) is 5.32 Å². The number of likely N-dealkylation sites (N-methyl/N-ethyl adjacent to an activating group) is 1. The molecule has 84 valence electrons. The second-order valence-electron chi connectivity index (χ2n) is 5.65. The Labute approximate surface area is 88.1 Å². The maximum atomic E-state index is 10.2. The molecule has 0 amide bonds. The Morgan fingerprint density at radius 3 is 2.36 bits per heavy atom. The molecular weight excluding hydrogens is 174 g/mol. The van der Waals surface area contributed by atoms with Gasteiger partial charge in [0, 0.05) is 12.0 Å². The Morgan fingerprint density at radius 1 is 1.43 bits per heavy atom. The SMILES string of the molecule is CNC[C@@H](O)[C@]1(C)CC[C@H](C)C1(C)C. The normalized spacial score (nSPS) is 38.6. The minimum atomic E-state index is -0.229. The molecule has 0 bridgehead atoms. The Bertz CT molecular complexity index is 202. The smallest absolute Gasteiger partial charge is 0.0723 e. The first-order chi connectivity index (χ1) is 6.36. The second-order valence-corrected chi connectivity index (χ2v) is 5.65. The topological polar surface area (TPSA) is 32.3 Å². The van der Waals surface area contributed by atoms with E-state index in [-0.39, 0.29) is 16.9 Å². The van der Waals surface area contributed by atoms with Crippen LogP contribution in [0, 0.1) is 16.7 Å². The van der Waals surface area contributed by atoms with Crippen LogP contribution in [0.5, 0.6) is 0 Å². The summed E-state index contributed by atoms with van der Waals surface area (Å²) in [5.74, 6) is 0.707. The fourth-order valence-electron chi connectivity index (χ4n) is 2.78. The molecule has 0 unspecified atom stereocenters. The predicted molar refractivity (Wildman–Crippen MR) is 60.2 cm³/mol. The quantitative estimate of drug-likeness (QED) is 0.729. The van der Waals surface area contributed by atoms with Gasteiger partial charge in [-0.05, 0) is 31.2 Å². The van der Waals surface area contributed by atoms with Crippen LogP contribution in [-0.4, -0.2) is 24.8 Å². The van der Waals surface area contributed by atoms with Gasteiger partial charge in [0.1, 0.15) is 0 Å². The molecule has 1 rings (SSSR count). The van der Waals surface area contributed by atoms with Crippen LogP contribution in [0.15, 0.2) is 0 Å². The average Bonchev–Trinajstić information content (AvgIpc) is 2.31. The van der Waals surface area contributed by atoms with Crippen molar-refractivity contribution in [3.8, 4) is 0 Å². The van der Waals surface area contributed by atoms with Crippen molar-refractivity contribution in [1.29, 1.82) is 0 Å². The number of hydrogen-bond acceptors (Lipinski definition) is 2. The molecule has 0 radical (unpaired) electrons. The van der Waals surface area contributed by atoms with Gasteiger partial charge in [0.2, 0.25) is 0 Å². The molecule has 3 atom stereocenters. The molecule has 0 aliphatic heterocycles. The van der Waals surface area contributed by atoms with Gasteiger partial charge in [0.15, 0.2) is 0 Å². The van der Waals surface area contributed by atoms with Crippen molar-refractivity contribution in [3.05, 3.63) is 0 Å². The Morgan fingerprint density at radius 2 is 2.00 bits per heavy atom. The van der Waals surface area contributed by atoms with E-state index in [0.29, 0.717) is 12.5 Å². The molecule has 0 saturated heterocycles. The lowest BCUT2D eigenvalue weighted by molar-refractivity contribution is -0.0382. The summed E-state index contributed by atoms with van der Waals surface area (Å²) in [5, 5.41) is 13.3. The van der Waals surface area contributed by atoms with Gasteiger partial charge < -0.3 is 10.4 Å². The minimum Gasteiger partial charge on any atom is -0.391 e. The van der Waals surface area contributed by atoms with Crippen molar-refractivity contribution in [2.24, 2.45) is 16.7 Å². The summed E-state index contributed by atoms with van der Waals surface area (Å²) in [7, 11) is 1.90. The number of rotatable bonds is 3. The number of aliphatic hydroxyl groups excluding tert-OH is 1. The zero-order valence-corrected chi connectivity index (χ0v) is 10.2. The van der Waals surface area contributed by atoms with Gasteiger partial charge in [-0.25, -0.2) is 0 Å². The van der Waals surface area contributed by atoms with Gasteiger partial charge in [0.25, 0.3) is 0 Å². The fourth-order valence-corrected chi connectivity index (χ4v) is 2.78. The summed E-state index contributed by atoms with van der Waals surface area (Å²) in [5.41, 5.74) is 0.304. The predicted octanol–water partition coefficient (Wildman–Crippen LogP) is 2.03. The van der Waals surface area contributed by atoms with Crippen LogP contribution >= 0.6 is 0 Å². The first-order valence-electron chi connectivity index (χ1n) is 5.69. The van der Waals surface area contributed by atoms with Crippen molar-refractivity contribution in [2.45, 2.75) is 46.6 Å². The van der Waals surface area contributed by atoms with E-state index in [1.54, 1.807) is 0 Å². The summed E-state index contributed by atoms with van der Waals surface area (Å²) in [4.78, 5) is 0. The van der Waals surface area contributed by atoms with Crippen LogP contribution < -0.4 is 5.32 Å². The average molecular weight is 199 g/mol. The van der Waals surface area contributed by atoms with Gasteiger partial charge in [0.05, 0.1) is 6.10 Å². The van der Waals surface area contributed by atoms with Gasteiger partial charge >= 0.3 is 0 Å². The summed E-state index contributed by atoms with van der Waals surface area (Å²) in [6.07, 6.45) is 2.15. The second kappa shape index (κ2) is 3.82. The van der Waals surface area contributed by atoms with E-state index in [9.17, 15) is 5.11 Å². The van der Waals surface area contributed by atoms with Crippen LogP contribution in [0.2, 0.25) is 0 Å². The maximum Gasteiger partial charge on any atom is 0.0723 e. The molecule has 1 saturated carbocycles. The van der Waals surface area contributed by atoms with Crippen molar-refractivity contribution >= 4 is 0 Å². The highest BCUT2D eigenvalue weighted by Gasteiger charge is 2.52. The monoisotopic (exact) mass is 199 g/mol. The zero-order valence-electron chi connectivity index (χ0n) is 10.2. The van der Waals surface area contributed by atoms with Gasteiger partial charge in [-0.15, -0.1) is 0 Å².